The van der Waals surface area contributed by atoms with Gasteiger partial charge >= 0.3 is 0 Å². The van der Waals surface area contributed by atoms with Crippen molar-refractivity contribution >= 4 is 11.8 Å². The molecule has 0 aliphatic heterocycles. The fraction of sp³-hybridized carbons (Fsp3) is 0.333. The molecule has 1 atom stereocenters. The van der Waals surface area contributed by atoms with Crippen molar-refractivity contribution in [2.75, 3.05) is 5.75 Å². The molecule has 0 spiro atoms. The summed E-state index contributed by atoms with van der Waals surface area (Å²) in [5, 5.41) is 8.94. The van der Waals surface area contributed by atoms with E-state index in [0.29, 0.717) is 5.75 Å². The highest BCUT2D eigenvalue weighted by molar-refractivity contribution is 7.99. The van der Waals surface area contributed by atoms with Gasteiger partial charge < -0.3 is 5.11 Å². The van der Waals surface area contributed by atoms with E-state index in [9.17, 15) is 8.78 Å². The van der Waals surface area contributed by atoms with Crippen LogP contribution in [0.2, 0.25) is 0 Å². The molecule has 4 heteroatoms. The maximum Gasteiger partial charge on any atom is 0.136 e. The van der Waals surface area contributed by atoms with Crippen LogP contribution in [0.5, 0.6) is 0 Å². The monoisotopic (exact) mass is 204 g/mol. The smallest absolute Gasteiger partial charge is 0.136 e. The van der Waals surface area contributed by atoms with Crippen LogP contribution < -0.4 is 0 Å². The summed E-state index contributed by atoms with van der Waals surface area (Å²) in [6.45, 7) is 1.60. The number of aliphatic hydroxyl groups excluding tert-OH is 1. The SMILES string of the molecule is C[C@H](O)CSc1cc(F)ccc1F. The summed E-state index contributed by atoms with van der Waals surface area (Å²) in [5.41, 5.74) is 0. The van der Waals surface area contributed by atoms with Gasteiger partial charge in [-0.25, -0.2) is 8.78 Å². The van der Waals surface area contributed by atoms with Crippen LogP contribution in [0.1, 0.15) is 6.92 Å². The van der Waals surface area contributed by atoms with Crippen molar-refractivity contribution in [1.82, 2.24) is 0 Å². The Morgan fingerprint density at radius 2 is 2.15 bits per heavy atom. The van der Waals surface area contributed by atoms with Gasteiger partial charge in [0, 0.05) is 10.6 Å². The first-order valence-electron chi connectivity index (χ1n) is 3.85. The van der Waals surface area contributed by atoms with E-state index in [-0.39, 0.29) is 4.90 Å². The van der Waals surface area contributed by atoms with Crippen molar-refractivity contribution in [3.63, 3.8) is 0 Å². The van der Waals surface area contributed by atoms with E-state index in [1.54, 1.807) is 6.92 Å². The lowest BCUT2D eigenvalue weighted by Gasteiger charge is -2.04. The van der Waals surface area contributed by atoms with Crippen molar-refractivity contribution in [2.24, 2.45) is 0 Å². The number of hydrogen-bond donors (Lipinski definition) is 1. The van der Waals surface area contributed by atoms with Crippen LogP contribution in [0.3, 0.4) is 0 Å². The summed E-state index contributed by atoms with van der Waals surface area (Å²) in [5.74, 6) is -0.554. The molecule has 0 saturated heterocycles. The van der Waals surface area contributed by atoms with E-state index in [2.05, 4.69) is 0 Å². The summed E-state index contributed by atoms with van der Waals surface area (Å²) in [6, 6.07) is 3.28. The van der Waals surface area contributed by atoms with E-state index in [0.717, 1.165) is 30.0 Å². The van der Waals surface area contributed by atoms with Gasteiger partial charge in [-0.2, -0.15) is 0 Å². The Labute approximate surface area is 79.8 Å². The van der Waals surface area contributed by atoms with Crippen LogP contribution in [0.4, 0.5) is 8.78 Å². The van der Waals surface area contributed by atoms with E-state index in [1.165, 1.54) is 0 Å². The molecule has 1 aromatic rings. The molecular weight excluding hydrogens is 194 g/mol. The van der Waals surface area contributed by atoms with Gasteiger partial charge in [0.15, 0.2) is 0 Å². The number of rotatable bonds is 3. The lowest BCUT2D eigenvalue weighted by Crippen LogP contribution is -2.02. The second-order valence-electron chi connectivity index (χ2n) is 2.73. The van der Waals surface area contributed by atoms with Crippen molar-refractivity contribution in [1.29, 1.82) is 0 Å². The molecule has 0 aliphatic carbocycles. The summed E-state index contributed by atoms with van der Waals surface area (Å²) >= 11 is 1.10. The largest absolute Gasteiger partial charge is 0.393 e. The number of aliphatic hydroxyl groups is 1. The van der Waals surface area contributed by atoms with Crippen molar-refractivity contribution < 1.29 is 13.9 Å². The highest BCUT2D eigenvalue weighted by Gasteiger charge is 2.05. The molecule has 0 fully saturated rings. The topological polar surface area (TPSA) is 20.2 Å². The molecule has 13 heavy (non-hydrogen) atoms. The summed E-state index contributed by atoms with van der Waals surface area (Å²) in [6.07, 6.45) is -0.521. The highest BCUT2D eigenvalue weighted by Crippen LogP contribution is 2.22. The normalized spacial score (nSPS) is 12.9. The lowest BCUT2D eigenvalue weighted by atomic mass is 10.3. The van der Waals surface area contributed by atoms with Gasteiger partial charge in [0.1, 0.15) is 11.6 Å². The molecule has 72 valence electrons. The van der Waals surface area contributed by atoms with E-state index >= 15 is 0 Å². The molecule has 0 saturated carbocycles. The highest BCUT2D eigenvalue weighted by atomic mass is 32.2. The minimum absolute atomic E-state index is 0.237. The van der Waals surface area contributed by atoms with Crippen LogP contribution >= 0.6 is 11.8 Å². The van der Waals surface area contributed by atoms with Crippen LogP contribution in [0.15, 0.2) is 23.1 Å². The number of thioether (sulfide) groups is 1. The fourth-order valence-corrected chi connectivity index (χ4v) is 1.62. The van der Waals surface area contributed by atoms with Crippen LogP contribution in [0.25, 0.3) is 0 Å². The van der Waals surface area contributed by atoms with Crippen LogP contribution in [0, 0.1) is 11.6 Å². The van der Waals surface area contributed by atoms with Crippen molar-refractivity contribution in [3.05, 3.63) is 29.8 Å². The first kappa shape index (κ1) is 10.5. The quantitative estimate of drug-likeness (QED) is 0.763. The molecule has 0 radical (unpaired) electrons. The molecular formula is C9H10F2OS. The molecule has 1 aromatic carbocycles. The predicted molar refractivity (Wildman–Crippen MR) is 48.8 cm³/mol. The van der Waals surface area contributed by atoms with E-state index < -0.39 is 17.7 Å². The maximum absolute atomic E-state index is 13.0. The average molecular weight is 204 g/mol. The number of halogens is 2. The second-order valence-corrected chi connectivity index (χ2v) is 3.80. The Kier molecular flexibility index (Phi) is 3.69. The summed E-state index contributed by atoms with van der Waals surface area (Å²) < 4.78 is 25.6. The molecule has 0 amide bonds. The van der Waals surface area contributed by atoms with Crippen molar-refractivity contribution in [2.45, 2.75) is 17.9 Å². The number of benzene rings is 1. The lowest BCUT2D eigenvalue weighted by molar-refractivity contribution is 0.220. The minimum atomic E-state index is -0.521. The Bertz CT molecular complexity index is 289. The predicted octanol–water partition coefficient (Wildman–Crippen LogP) is 2.44. The van der Waals surface area contributed by atoms with Gasteiger partial charge in [-0.3, -0.25) is 0 Å². The first-order chi connectivity index (χ1) is 6.09. The zero-order chi connectivity index (χ0) is 9.84. The third-order valence-corrected chi connectivity index (χ3v) is 2.65. The Hall–Kier alpha value is -0.610. The number of hydrogen-bond acceptors (Lipinski definition) is 2. The van der Waals surface area contributed by atoms with Gasteiger partial charge in [0.25, 0.3) is 0 Å². The molecule has 1 N–H and O–H groups in total. The van der Waals surface area contributed by atoms with Gasteiger partial charge in [-0.1, -0.05) is 0 Å². The molecule has 1 rings (SSSR count). The molecule has 0 aromatic heterocycles. The fourth-order valence-electron chi connectivity index (χ4n) is 0.798. The zero-order valence-electron chi connectivity index (χ0n) is 7.13. The molecule has 0 unspecified atom stereocenters. The maximum atomic E-state index is 13.0. The minimum Gasteiger partial charge on any atom is -0.393 e. The molecule has 0 heterocycles. The third-order valence-electron chi connectivity index (χ3n) is 1.37. The van der Waals surface area contributed by atoms with Gasteiger partial charge in [-0.05, 0) is 25.1 Å². The van der Waals surface area contributed by atoms with E-state index in [1.807, 2.05) is 0 Å². The summed E-state index contributed by atoms with van der Waals surface area (Å²) in [4.78, 5) is 0.237. The average Bonchev–Trinajstić information content (AvgIpc) is 2.06. The van der Waals surface area contributed by atoms with E-state index in [4.69, 9.17) is 5.11 Å². The van der Waals surface area contributed by atoms with Crippen molar-refractivity contribution in [3.8, 4) is 0 Å². The zero-order valence-corrected chi connectivity index (χ0v) is 7.94. The molecule has 1 nitrogen and oxygen atoms in total. The molecule has 0 aliphatic rings. The Balaban J connectivity index is 2.70. The van der Waals surface area contributed by atoms with Crippen LogP contribution in [-0.2, 0) is 0 Å². The van der Waals surface area contributed by atoms with Crippen LogP contribution in [-0.4, -0.2) is 17.0 Å². The Morgan fingerprint density at radius 3 is 2.77 bits per heavy atom. The Morgan fingerprint density at radius 1 is 1.46 bits per heavy atom. The standard InChI is InChI=1S/C9H10F2OS/c1-6(12)5-13-9-4-7(10)2-3-8(9)11/h2-4,6,12H,5H2,1H3/t6-/m0/s1. The van der Waals surface area contributed by atoms with Gasteiger partial charge in [-0.15, -0.1) is 11.8 Å². The first-order valence-corrected chi connectivity index (χ1v) is 4.84. The third kappa shape index (κ3) is 3.32. The summed E-state index contributed by atoms with van der Waals surface area (Å²) in [7, 11) is 0. The molecule has 0 bridgehead atoms. The van der Waals surface area contributed by atoms with Gasteiger partial charge in [0.2, 0.25) is 0 Å². The second kappa shape index (κ2) is 4.58. The van der Waals surface area contributed by atoms with Gasteiger partial charge in [0.05, 0.1) is 6.10 Å².